The van der Waals surface area contributed by atoms with Gasteiger partial charge in [-0.05, 0) is 31.0 Å². The van der Waals surface area contributed by atoms with Gasteiger partial charge in [-0.25, -0.2) is 0 Å². The second kappa shape index (κ2) is 4.61. The molecule has 0 spiro atoms. The van der Waals surface area contributed by atoms with Crippen LogP contribution < -0.4 is 4.90 Å². The zero-order valence-corrected chi connectivity index (χ0v) is 11.1. The van der Waals surface area contributed by atoms with Crippen molar-refractivity contribution in [1.29, 1.82) is 0 Å². The van der Waals surface area contributed by atoms with E-state index in [0.29, 0.717) is 18.7 Å². The van der Waals surface area contributed by atoms with Crippen molar-refractivity contribution in [2.75, 3.05) is 11.4 Å². The third kappa shape index (κ3) is 2.20. The molecular weight excluding hydrogens is 252 g/mol. The van der Waals surface area contributed by atoms with Crippen LogP contribution in [0.4, 0.5) is 11.4 Å². The lowest BCUT2D eigenvalue weighted by Gasteiger charge is -2.17. The second-order valence-electron chi connectivity index (χ2n) is 4.54. The summed E-state index contributed by atoms with van der Waals surface area (Å²) in [6.07, 6.45) is 0.327. The second-order valence-corrected chi connectivity index (χ2v) is 5.27. The van der Waals surface area contributed by atoms with Crippen LogP contribution >= 0.6 is 12.6 Å². The summed E-state index contributed by atoms with van der Waals surface area (Å²) in [5.74, 6) is -0.110. The zero-order valence-electron chi connectivity index (χ0n) is 10.2. The van der Waals surface area contributed by atoms with Gasteiger partial charge in [0.25, 0.3) is 5.69 Å². The van der Waals surface area contributed by atoms with Gasteiger partial charge in [-0.2, -0.15) is 12.6 Å². The number of nitro groups is 1. The summed E-state index contributed by atoms with van der Waals surface area (Å²) < 4.78 is 0. The van der Waals surface area contributed by atoms with E-state index in [2.05, 4.69) is 12.6 Å². The largest absolute Gasteiger partial charge is 0.305 e. The van der Waals surface area contributed by atoms with Gasteiger partial charge >= 0.3 is 0 Å². The van der Waals surface area contributed by atoms with Gasteiger partial charge in [0.05, 0.1) is 4.92 Å². The lowest BCUT2D eigenvalue weighted by atomic mass is 10.1. The Hall–Kier alpha value is -1.56. The number of anilines is 1. The van der Waals surface area contributed by atoms with Gasteiger partial charge < -0.3 is 4.90 Å². The molecule has 0 aliphatic carbocycles. The highest BCUT2D eigenvalue weighted by Crippen LogP contribution is 2.34. The predicted molar refractivity (Wildman–Crippen MR) is 72.3 cm³/mol. The van der Waals surface area contributed by atoms with Gasteiger partial charge in [-0.3, -0.25) is 14.9 Å². The Kier molecular flexibility index (Phi) is 3.30. The number of thiol groups is 1. The number of carbonyl (C=O) groups excluding carboxylic acids is 1. The van der Waals surface area contributed by atoms with Crippen molar-refractivity contribution in [2.24, 2.45) is 0 Å². The molecule has 5 nitrogen and oxygen atoms in total. The van der Waals surface area contributed by atoms with Gasteiger partial charge in [-0.1, -0.05) is 0 Å². The average Bonchev–Trinajstić information content (AvgIpc) is 2.61. The fraction of sp³-hybridized carbons (Fsp3) is 0.417. The van der Waals surface area contributed by atoms with E-state index in [0.717, 1.165) is 11.1 Å². The Bertz CT molecular complexity index is 530. The molecule has 0 N–H and O–H groups in total. The van der Waals surface area contributed by atoms with Crippen molar-refractivity contribution < 1.29 is 9.72 Å². The van der Waals surface area contributed by atoms with E-state index in [1.807, 2.05) is 13.8 Å². The van der Waals surface area contributed by atoms with Crippen molar-refractivity contribution in [3.8, 4) is 0 Å². The maximum Gasteiger partial charge on any atom is 0.293 e. The van der Waals surface area contributed by atoms with Gasteiger partial charge in [0.2, 0.25) is 5.91 Å². The Morgan fingerprint density at radius 3 is 2.50 bits per heavy atom. The third-order valence-corrected chi connectivity index (χ3v) is 3.53. The highest BCUT2D eigenvalue weighted by Gasteiger charge is 2.32. The molecule has 1 aliphatic heterocycles. The molecule has 0 saturated carbocycles. The number of amides is 1. The summed E-state index contributed by atoms with van der Waals surface area (Å²) >= 11 is 4.26. The Labute approximate surface area is 110 Å². The minimum atomic E-state index is -0.444. The van der Waals surface area contributed by atoms with Crippen LogP contribution in [0.25, 0.3) is 0 Å². The standard InChI is InChI=1S/C12H14N2O3S/c1-7-3-10(11(14(16)17)4-8(7)2)13-6-9(18)5-12(13)15/h3-4,9,18H,5-6H2,1-2H3. The molecule has 1 aromatic carbocycles. The maximum atomic E-state index is 11.8. The van der Waals surface area contributed by atoms with E-state index < -0.39 is 4.92 Å². The molecule has 1 amide bonds. The third-order valence-electron chi connectivity index (χ3n) is 3.18. The minimum absolute atomic E-state index is 0.0196. The number of nitro benzene ring substituents is 1. The molecule has 6 heteroatoms. The molecule has 1 fully saturated rings. The molecule has 1 unspecified atom stereocenters. The summed E-state index contributed by atoms with van der Waals surface area (Å²) in [7, 11) is 0. The number of rotatable bonds is 2. The SMILES string of the molecule is Cc1cc(N2CC(S)CC2=O)c([N+](=O)[O-])cc1C. The van der Waals surface area contributed by atoms with Crippen molar-refractivity contribution in [3.05, 3.63) is 33.4 Å². The molecule has 18 heavy (non-hydrogen) atoms. The van der Waals surface area contributed by atoms with Gasteiger partial charge in [0, 0.05) is 24.3 Å². The molecule has 1 aromatic rings. The molecular formula is C12H14N2O3S. The first-order valence-corrected chi connectivity index (χ1v) is 6.16. The quantitative estimate of drug-likeness (QED) is 0.507. The van der Waals surface area contributed by atoms with Gasteiger partial charge in [0.1, 0.15) is 5.69 Å². The summed E-state index contributed by atoms with van der Waals surface area (Å²) in [6, 6.07) is 3.22. The van der Waals surface area contributed by atoms with E-state index in [4.69, 9.17) is 0 Å². The van der Waals surface area contributed by atoms with Crippen LogP contribution in [0.15, 0.2) is 12.1 Å². The van der Waals surface area contributed by atoms with Gasteiger partial charge in [-0.15, -0.1) is 0 Å². The molecule has 0 bridgehead atoms. The van der Waals surface area contributed by atoms with Crippen molar-refractivity contribution in [1.82, 2.24) is 0 Å². The molecule has 2 rings (SSSR count). The summed E-state index contributed by atoms with van der Waals surface area (Å²) in [6.45, 7) is 4.12. The predicted octanol–water partition coefficient (Wildman–Crippen LogP) is 2.25. The van der Waals surface area contributed by atoms with Crippen molar-refractivity contribution in [2.45, 2.75) is 25.5 Å². The highest BCUT2D eigenvalue weighted by molar-refractivity contribution is 7.81. The van der Waals surface area contributed by atoms with Crippen LogP contribution in [0.2, 0.25) is 0 Å². The van der Waals surface area contributed by atoms with E-state index >= 15 is 0 Å². The Balaban J connectivity index is 2.52. The smallest absolute Gasteiger partial charge is 0.293 e. The number of hydrogen-bond acceptors (Lipinski definition) is 4. The van der Waals surface area contributed by atoms with Crippen LogP contribution in [0.5, 0.6) is 0 Å². The summed E-state index contributed by atoms with van der Waals surface area (Å²) in [4.78, 5) is 23.9. The van der Waals surface area contributed by atoms with Crippen LogP contribution in [-0.2, 0) is 4.79 Å². The number of nitrogens with zero attached hydrogens (tertiary/aromatic N) is 2. The first-order valence-electron chi connectivity index (χ1n) is 5.64. The molecule has 0 aromatic heterocycles. The maximum absolute atomic E-state index is 11.8. The molecule has 96 valence electrons. The van der Waals surface area contributed by atoms with Crippen molar-refractivity contribution in [3.63, 3.8) is 0 Å². The first-order chi connectivity index (χ1) is 8.40. The normalized spacial score (nSPS) is 19.4. The van der Waals surface area contributed by atoms with E-state index in [1.54, 1.807) is 6.07 Å². The fourth-order valence-corrected chi connectivity index (χ4v) is 2.39. The summed E-state index contributed by atoms with van der Waals surface area (Å²) in [5, 5.41) is 11.0. The van der Waals surface area contributed by atoms with Crippen LogP contribution in [-0.4, -0.2) is 22.6 Å². The van der Waals surface area contributed by atoms with Gasteiger partial charge in [0.15, 0.2) is 0 Å². The fourth-order valence-electron chi connectivity index (χ4n) is 2.07. The average molecular weight is 266 g/mol. The van der Waals surface area contributed by atoms with E-state index in [1.165, 1.54) is 11.0 Å². The lowest BCUT2D eigenvalue weighted by molar-refractivity contribution is -0.384. The van der Waals surface area contributed by atoms with Crippen LogP contribution in [0.3, 0.4) is 0 Å². The topological polar surface area (TPSA) is 63.5 Å². The summed E-state index contributed by atoms with van der Waals surface area (Å²) in [5.41, 5.74) is 2.14. The first kappa shape index (κ1) is 12.9. The van der Waals surface area contributed by atoms with E-state index in [9.17, 15) is 14.9 Å². The van der Waals surface area contributed by atoms with Crippen LogP contribution in [0, 0.1) is 24.0 Å². The Morgan fingerprint density at radius 2 is 2.00 bits per heavy atom. The molecule has 1 saturated heterocycles. The zero-order chi connectivity index (χ0) is 13.4. The molecule has 1 atom stereocenters. The van der Waals surface area contributed by atoms with E-state index in [-0.39, 0.29) is 16.8 Å². The molecule has 1 aliphatic rings. The molecule has 0 radical (unpaired) electrons. The number of benzene rings is 1. The highest BCUT2D eigenvalue weighted by atomic mass is 32.1. The number of carbonyl (C=O) groups is 1. The van der Waals surface area contributed by atoms with Crippen molar-refractivity contribution >= 4 is 29.9 Å². The number of aryl methyl sites for hydroxylation is 2. The lowest BCUT2D eigenvalue weighted by Crippen LogP contribution is -2.25. The minimum Gasteiger partial charge on any atom is -0.305 e. The van der Waals surface area contributed by atoms with Crippen LogP contribution in [0.1, 0.15) is 17.5 Å². The monoisotopic (exact) mass is 266 g/mol. The Morgan fingerprint density at radius 1 is 1.39 bits per heavy atom. The number of hydrogen-bond donors (Lipinski definition) is 1. The molecule has 1 heterocycles.